The second kappa shape index (κ2) is 10.8. The Morgan fingerprint density at radius 2 is 1.29 bits per heavy atom. The van der Waals surface area contributed by atoms with E-state index in [1.54, 1.807) is 0 Å². The van der Waals surface area contributed by atoms with Crippen LogP contribution in [0.2, 0.25) is 19.6 Å². The average molecular weight is 568 g/mol. The number of hydrogen-bond acceptors (Lipinski definition) is 0. The normalized spacial score (nSPS) is 10.2. The van der Waals surface area contributed by atoms with Crippen LogP contribution in [0.3, 0.4) is 0 Å². The first-order valence-electron chi connectivity index (χ1n) is 8.82. The summed E-state index contributed by atoms with van der Waals surface area (Å²) in [4.78, 5) is 0. The molecule has 0 aromatic heterocycles. The molecule has 150 valence electrons. The third-order valence-electron chi connectivity index (χ3n) is 3.99. The van der Waals surface area contributed by atoms with E-state index < -0.39 is 8.07 Å². The van der Waals surface area contributed by atoms with Crippen LogP contribution in [0.25, 0.3) is 32.7 Å². The van der Waals surface area contributed by atoms with E-state index in [-0.39, 0.29) is 35.9 Å². The number of aryl methyl sites for hydroxylation is 1. The molecule has 0 aliphatic carbocycles. The number of benzene rings is 3. The van der Waals surface area contributed by atoms with E-state index in [2.05, 4.69) is 106 Å². The molecule has 0 unspecified atom stereocenters. The Balaban J connectivity index is 0.000000823. The summed E-state index contributed by atoms with van der Waals surface area (Å²) >= 11 is 0. The summed E-state index contributed by atoms with van der Waals surface area (Å²) in [6.45, 7) is 12.7. The fourth-order valence-corrected chi connectivity index (χ4v) is 3.02. The van der Waals surface area contributed by atoms with Crippen LogP contribution in [0.15, 0.2) is 72.8 Å². The van der Waals surface area contributed by atoms with Gasteiger partial charge in [0.2, 0.25) is 0 Å². The SMILES string of the molecule is C[c-]1ccc(-c2cc3ccccc3c3ccccc23)c1.[CH2-][Si](C)(C)C.[CH3-].[CH3-].[Pt+4]. The standard InChI is InChI=1S/C20H15.C4H11Si.2CH3.Pt/c1-14-10-11-16(12-14)20-13-15-6-2-3-7-17(15)18-8-4-5-9-19(18)20;1-5(2,3)4;;;/h2-13H,1H3;1H2,2-4H3;2*1H3;/q4*-1;+4. The van der Waals surface area contributed by atoms with Crippen LogP contribution >= 0.6 is 0 Å². The predicted octanol–water partition coefficient (Wildman–Crippen LogP) is 8.28. The van der Waals surface area contributed by atoms with Crippen LogP contribution in [-0.4, -0.2) is 8.07 Å². The summed E-state index contributed by atoms with van der Waals surface area (Å²) in [5.41, 5.74) is 3.95. The summed E-state index contributed by atoms with van der Waals surface area (Å²) in [5.74, 6) is 0. The number of rotatable bonds is 1. The summed E-state index contributed by atoms with van der Waals surface area (Å²) in [6.07, 6.45) is 0. The van der Waals surface area contributed by atoms with Gasteiger partial charge in [0.05, 0.1) is 0 Å². The first-order chi connectivity index (χ1) is 11.8. The van der Waals surface area contributed by atoms with Gasteiger partial charge < -0.3 is 21.4 Å². The monoisotopic (exact) mass is 567 g/mol. The maximum Gasteiger partial charge on any atom is 4.00 e. The molecule has 0 heterocycles. The molecule has 0 N–H and O–H groups in total. The Kier molecular flexibility index (Phi) is 10.2. The van der Waals surface area contributed by atoms with Crippen molar-refractivity contribution in [1.29, 1.82) is 0 Å². The second-order valence-electron chi connectivity index (χ2n) is 7.93. The Hall–Kier alpha value is -1.56. The summed E-state index contributed by atoms with van der Waals surface area (Å²) < 4.78 is 0. The first-order valence-corrected chi connectivity index (χ1v) is 12.5. The van der Waals surface area contributed by atoms with Crippen LogP contribution in [0.4, 0.5) is 0 Å². The van der Waals surface area contributed by atoms with Crippen LogP contribution in [0.5, 0.6) is 0 Å². The van der Waals surface area contributed by atoms with Gasteiger partial charge in [-0.05, 0) is 21.5 Å². The van der Waals surface area contributed by atoms with Crippen molar-refractivity contribution in [3.8, 4) is 11.1 Å². The fraction of sp³-hybridized carbons (Fsp3) is 0.154. The third-order valence-corrected chi connectivity index (χ3v) is 3.99. The van der Waals surface area contributed by atoms with E-state index in [1.165, 1.54) is 38.2 Å². The van der Waals surface area contributed by atoms with Crippen molar-refractivity contribution < 1.29 is 21.1 Å². The minimum atomic E-state index is -0.861. The molecular formula is C26H32PtSi. The van der Waals surface area contributed by atoms with E-state index >= 15 is 0 Å². The molecule has 0 saturated heterocycles. The largest absolute Gasteiger partial charge is 4.00 e. The molecule has 0 spiro atoms. The van der Waals surface area contributed by atoms with Gasteiger partial charge in [-0.15, -0.1) is 8.07 Å². The van der Waals surface area contributed by atoms with Crippen molar-refractivity contribution in [3.63, 3.8) is 0 Å². The Bertz CT molecular complexity index is 1000. The molecule has 0 aliphatic heterocycles. The van der Waals surface area contributed by atoms with Crippen LogP contribution in [-0.2, 0) is 21.1 Å². The summed E-state index contributed by atoms with van der Waals surface area (Å²) in [5, 5.41) is 5.30. The number of fused-ring (bicyclic) bond motifs is 3. The van der Waals surface area contributed by atoms with E-state index in [9.17, 15) is 0 Å². The zero-order valence-electron chi connectivity index (χ0n) is 18.0. The molecule has 0 atom stereocenters. The van der Waals surface area contributed by atoms with Gasteiger partial charge >= 0.3 is 21.1 Å². The molecule has 0 amide bonds. The molecule has 4 aromatic rings. The van der Waals surface area contributed by atoms with E-state index in [1.807, 2.05) is 0 Å². The molecule has 4 rings (SSSR count). The first kappa shape index (κ1) is 26.4. The van der Waals surface area contributed by atoms with Gasteiger partial charge in [0, 0.05) is 0 Å². The molecule has 0 fully saturated rings. The Morgan fingerprint density at radius 1 is 0.786 bits per heavy atom. The van der Waals surface area contributed by atoms with Gasteiger partial charge in [-0.2, -0.15) is 23.3 Å². The van der Waals surface area contributed by atoms with Crippen molar-refractivity contribution in [1.82, 2.24) is 0 Å². The molecule has 4 aromatic carbocycles. The zero-order chi connectivity index (χ0) is 18.0. The third kappa shape index (κ3) is 6.50. The maximum atomic E-state index is 3.91. The van der Waals surface area contributed by atoms with Gasteiger partial charge in [-0.3, -0.25) is 0 Å². The molecule has 2 heteroatoms. The van der Waals surface area contributed by atoms with Gasteiger partial charge in [-0.25, -0.2) is 6.07 Å². The van der Waals surface area contributed by atoms with Crippen molar-refractivity contribution >= 4 is 29.6 Å². The predicted molar refractivity (Wildman–Crippen MR) is 129 cm³/mol. The molecular weight excluding hydrogens is 535 g/mol. The molecule has 0 radical (unpaired) electrons. The molecule has 28 heavy (non-hydrogen) atoms. The van der Waals surface area contributed by atoms with Crippen LogP contribution in [0.1, 0.15) is 5.56 Å². The quantitative estimate of drug-likeness (QED) is 0.123. The van der Waals surface area contributed by atoms with Gasteiger partial charge in [0.1, 0.15) is 0 Å². The fourth-order valence-electron chi connectivity index (χ4n) is 3.02. The topological polar surface area (TPSA) is 0 Å². The van der Waals surface area contributed by atoms with Crippen molar-refractivity contribution in [3.05, 3.63) is 99.8 Å². The second-order valence-corrected chi connectivity index (χ2v) is 13.0. The van der Waals surface area contributed by atoms with Crippen LogP contribution < -0.4 is 0 Å². The molecule has 0 saturated carbocycles. The number of hydrogen-bond donors (Lipinski definition) is 0. The van der Waals surface area contributed by atoms with E-state index in [0.717, 1.165) is 0 Å². The van der Waals surface area contributed by atoms with Crippen molar-refractivity contribution in [2.75, 3.05) is 0 Å². The summed E-state index contributed by atoms with van der Waals surface area (Å²) in [7, 11) is -0.861. The maximum absolute atomic E-state index is 3.91. The molecule has 0 bridgehead atoms. The van der Waals surface area contributed by atoms with Crippen molar-refractivity contribution in [2.45, 2.75) is 26.6 Å². The smallest absolute Gasteiger partial charge is 0.358 e. The summed E-state index contributed by atoms with van der Waals surface area (Å²) in [6, 6.07) is 26.3. The Morgan fingerprint density at radius 3 is 1.82 bits per heavy atom. The van der Waals surface area contributed by atoms with Crippen LogP contribution in [0, 0.1) is 28.3 Å². The Labute approximate surface area is 187 Å². The van der Waals surface area contributed by atoms with Crippen molar-refractivity contribution in [2.24, 2.45) is 0 Å². The average Bonchev–Trinajstić information content (AvgIpc) is 2.99. The van der Waals surface area contributed by atoms with E-state index in [0.29, 0.717) is 0 Å². The van der Waals surface area contributed by atoms with Gasteiger partial charge in [-0.1, -0.05) is 86.7 Å². The minimum Gasteiger partial charge on any atom is -0.358 e. The van der Waals surface area contributed by atoms with E-state index in [4.69, 9.17) is 0 Å². The van der Waals surface area contributed by atoms with Gasteiger partial charge in [0.25, 0.3) is 0 Å². The zero-order valence-corrected chi connectivity index (χ0v) is 21.2. The minimum absolute atomic E-state index is 0. The van der Waals surface area contributed by atoms with Gasteiger partial charge in [0.15, 0.2) is 0 Å². The molecule has 0 nitrogen and oxygen atoms in total. The molecule has 0 aliphatic rings.